The minimum Gasteiger partial charge on any atom is -0.495 e. The van der Waals surface area contributed by atoms with Crippen LogP contribution in [0.1, 0.15) is 23.6 Å². The minimum atomic E-state index is -3.74. The monoisotopic (exact) mass is 475 g/mol. The van der Waals surface area contributed by atoms with E-state index in [1.54, 1.807) is 19.1 Å². The van der Waals surface area contributed by atoms with Crippen molar-refractivity contribution in [2.24, 2.45) is 0 Å². The highest BCUT2D eigenvalue weighted by Crippen LogP contribution is 2.32. The zero-order valence-corrected chi connectivity index (χ0v) is 20.5. The lowest BCUT2D eigenvalue weighted by Crippen LogP contribution is -2.47. The van der Waals surface area contributed by atoms with Gasteiger partial charge in [0, 0.05) is 26.2 Å². The first-order valence-electron chi connectivity index (χ1n) is 11.0. The fourth-order valence-electron chi connectivity index (χ4n) is 3.95. The van der Waals surface area contributed by atoms with Gasteiger partial charge in [-0.2, -0.15) is 0 Å². The van der Waals surface area contributed by atoms with Crippen LogP contribution in [0.5, 0.6) is 5.75 Å². The molecule has 0 saturated carbocycles. The second-order valence-electron chi connectivity index (χ2n) is 8.34. The van der Waals surface area contributed by atoms with E-state index in [1.165, 1.54) is 12.7 Å². The third-order valence-corrected chi connectivity index (χ3v) is 6.86. The summed E-state index contributed by atoms with van der Waals surface area (Å²) in [5, 5.41) is 2.88. The molecule has 0 aromatic heterocycles. The van der Waals surface area contributed by atoms with Crippen molar-refractivity contribution in [1.82, 2.24) is 10.2 Å². The minimum absolute atomic E-state index is 0.308. The molecule has 1 saturated heterocycles. The number of methoxy groups -OCH3 is 1. The topological polar surface area (TPSA) is 88.2 Å². The fraction of sp³-hybridized carbons (Fsp3) is 0.458. The molecule has 8 nitrogen and oxygen atoms in total. The SMILES string of the molecule is COc1ccc(C)cc1N([C@H](C)C(=O)NCc1cccc(CN2CCOCC2)c1)S(C)(=O)=O. The van der Waals surface area contributed by atoms with Gasteiger partial charge in [-0.05, 0) is 42.7 Å². The van der Waals surface area contributed by atoms with Gasteiger partial charge in [-0.15, -0.1) is 0 Å². The molecule has 1 aliphatic heterocycles. The molecule has 1 aliphatic rings. The molecule has 1 amide bonds. The molecule has 3 rings (SSSR count). The van der Waals surface area contributed by atoms with Crippen LogP contribution in [0, 0.1) is 6.92 Å². The van der Waals surface area contributed by atoms with Crippen molar-refractivity contribution in [1.29, 1.82) is 0 Å². The van der Waals surface area contributed by atoms with Crippen molar-refractivity contribution < 1.29 is 22.7 Å². The van der Waals surface area contributed by atoms with E-state index in [0.29, 0.717) is 18.0 Å². The summed E-state index contributed by atoms with van der Waals surface area (Å²) in [5.74, 6) is 0.00376. The molecule has 0 spiro atoms. The van der Waals surface area contributed by atoms with Crippen molar-refractivity contribution in [2.45, 2.75) is 33.0 Å². The molecule has 1 fully saturated rings. The van der Waals surface area contributed by atoms with Crippen molar-refractivity contribution in [3.05, 3.63) is 59.2 Å². The predicted molar refractivity (Wildman–Crippen MR) is 129 cm³/mol. The molecular weight excluding hydrogens is 442 g/mol. The van der Waals surface area contributed by atoms with E-state index < -0.39 is 16.1 Å². The molecule has 33 heavy (non-hydrogen) atoms. The predicted octanol–water partition coefficient (Wildman–Crippen LogP) is 2.31. The van der Waals surface area contributed by atoms with E-state index in [1.807, 2.05) is 25.1 Å². The van der Waals surface area contributed by atoms with Crippen LogP contribution < -0.4 is 14.4 Å². The quantitative estimate of drug-likeness (QED) is 0.599. The maximum atomic E-state index is 13.0. The molecule has 2 aromatic rings. The summed E-state index contributed by atoms with van der Waals surface area (Å²) in [4.78, 5) is 15.3. The van der Waals surface area contributed by atoms with Gasteiger partial charge >= 0.3 is 0 Å². The van der Waals surface area contributed by atoms with Crippen LogP contribution in [0.4, 0.5) is 5.69 Å². The lowest BCUT2D eigenvalue weighted by molar-refractivity contribution is -0.122. The molecule has 0 bridgehead atoms. The van der Waals surface area contributed by atoms with E-state index in [4.69, 9.17) is 9.47 Å². The zero-order valence-electron chi connectivity index (χ0n) is 19.7. The Morgan fingerprint density at radius 3 is 2.55 bits per heavy atom. The number of carbonyl (C=O) groups excluding carboxylic acids is 1. The standard InChI is InChI=1S/C24H33N3O5S/c1-18-8-9-23(31-3)22(14-18)27(33(4,29)30)19(2)24(28)25-16-20-6-5-7-21(15-20)17-26-10-12-32-13-11-26/h5-9,14-15,19H,10-13,16-17H2,1-4H3,(H,25,28)/t19-/m1/s1. The Morgan fingerprint density at radius 2 is 1.88 bits per heavy atom. The Hall–Kier alpha value is -2.62. The van der Waals surface area contributed by atoms with Crippen LogP contribution in [-0.4, -0.2) is 64.9 Å². The van der Waals surface area contributed by atoms with Crippen LogP contribution in [0.2, 0.25) is 0 Å². The summed E-state index contributed by atoms with van der Waals surface area (Å²) in [6.45, 7) is 7.88. The summed E-state index contributed by atoms with van der Waals surface area (Å²) in [6, 6.07) is 12.3. The zero-order chi connectivity index (χ0) is 24.0. The van der Waals surface area contributed by atoms with Gasteiger partial charge in [0.05, 0.1) is 32.3 Å². The number of sulfonamides is 1. The number of morpholine rings is 1. The van der Waals surface area contributed by atoms with Crippen molar-refractivity contribution in [2.75, 3.05) is 44.0 Å². The number of hydrogen-bond donors (Lipinski definition) is 1. The Balaban J connectivity index is 1.71. The van der Waals surface area contributed by atoms with E-state index in [2.05, 4.69) is 22.3 Å². The number of ether oxygens (including phenoxy) is 2. The van der Waals surface area contributed by atoms with Crippen LogP contribution in [0.3, 0.4) is 0 Å². The lowest BCUT2D eigenvalue weighted by atomic mass is 10.1. The van der Waals surface area contributed by atoms with Crippen LogP contribution in [0.15, 0.2) is 42.5 Å². The van der Waals surface area contributed by atoms with E-state index in [-0.39, 0.29) is 5.91 Å². The number of rotatable bonds is 9. The average Bonchev–Trinajstić information content (AvgIpc) is 2.78. The molecule has 0 aliphatic carbocycles. The number of nitrogens with one attached hydrogen (secondary N) is 1. The van der Waals surface area contributed by atoms with Crippen molar-refractivity contribution in [3.8, 4) is 5.75 Å². The Labute approximate surface area is 196 Å². The highest BCUT2D eigenvalue weighted by molar-refractivity contribution is 7.92. The highest BCUT2D eigenvalue weighted by atomic mass is 32.2. The number of benzene rings is 2. The fourth-order valence-corrected chi connectivity index (χ4v) is 5.12. The molecule has 1 N–H and O–H groups in total. The first kappa shape index (κ1) is 25.0. The molecule has 2 aromatic carbocycles. The van der Waals surface area contributed by atoms with Gasteiger partial charge in [0.15, 0.2) is 0 Å². The van der Waals surface area contributed by atoms with E-state index in [9.17, 15) is 13.2 Å². The Morgan fingerprint density at radius 1 is 1.18 bits per heavy atom. The first-order chi connectivity index (χ1) is 15.7. The van der Waals surface area contributed by atoms with Crippen LogP contribution >= 0.6 is 0 Å². The number of amides is 1. The summed E-state index contributed by atoms with van der Waals surface area (Å²) >= 11 is 0. The molecular formula is C24H33N3O5S. The summed E-state index contributed by atoms with van der Waals surface area (Å²) in [6.07, 6.45) is 1.09. The molecule has 1 heterocycles. The third-order valence-electron chi connectivity index (χ3n) is 5.63. The molecule has 180 valence electrons. The maximum Gasteiger partial charge on any atom is 0.243 e. The van der Waals surface area contributed by atoms with Crippen LogP contribution in [0.25, 0.3) is 0 Å². The van der Waals surface area contributed by atoms with Gasteiger partial charge in [0.2, 0.25) is 15.9 Å². The number of aryl methyl sites for hydroxylation is 1. The van der Waals surface area contributed by atoms with Crippen molar-refractivity contribution in [3.63, 3.8) is 0 Å². The molecule has 1 atom stereocenters. The maximum absolute atomic E-state index is 13.0. The number of hydrogen-bond acceptors (Lipinski definition) is 6. The number of anilines is 1. The third kappa shape index (κ3) is 6.69. The summed E-state index contributed by atoms with van der Waals surface area (Å²) < 4.78 is 37.2. The van der Waals surface area contributed by atoms with Gasteiger partial charge in [-0.25, -0.2) is 8.42 Å². The van der Waals surface area contributed by atoms with E-state index in [0.717, 1.165) is 54.5 Å². The van der Waals surface area contributed by atoms with Gasteiger partial charge in [-0.3, -0.25) is 14.0 Å². The number of nitrogens with zero attached hydrogens (tertiary/aromatic N) is 2. The molecule has 9 heteroatoms. The van der Waals surface area contributed by atoms with E-state index >= 15 is 0 Å². The van der Waals surface area contributed by atoms with Crippen molar-refractivity contribution >= 4 is 21.6 Å². The first-order valence-corrected chi connectivity index (χ1v) is 12.8. The largest absolute Gasteiger partial charge is 0.495 e. The Bertz CT molecular complexity index is 1070. The second-order valence-corrected chi connectivity index (χ2v) is 10.2. The Kier molecular flexibility index (Phi) is 8.34. The smallest absolute Gasteiger partial charge is 0.243 e. The van der Waals surface area contributed by atoms with Gasteiger partial charge < -0.3 is 14.8 Å². The lowest BCUT2D eigenvalue weighted by Gasteiger charge is -2.29. The number of carbonyl (C=O) groups is 1. The van der Waals surface area contributed by atoms with Gasteiger partial charge in [-0.1, -0.05) is 30.3 Å². The molecule has 0 radical (unpaired) electrons. The summed E-state index contributed by atoms with van der Waals surface area (Å²) in [5.41, 5.74) is 3.33. The summed E-state index contributed by atoms with van der Waals surface area (Å²) in [7, 11) is -2.27. The van der Waals surface area contributed by atoms with Gasteiger partial charge in [0.1, 0.15) is 11.8 Å². The van der Waals surface area contributed by atoms with Gasteiger partial charge in [0.25, 0.3) is 0 Å². The normalized spacial score (nSPS) is 15.6. The second kappa shape index (κ2) is 11.0. The average molecular weight is 476 g/mol. The highest BCUT2D eigenvalue weighted by Gasteiger charge is 2.31. The molecule has 0 unspecified atom stereocenters. The van der Waals surface area contributed by atoms with Crippen LogP contribution in [-0.2, 0) is 32.6 Å².